The first-order chi connectivity index (χ1) is 12.0. The number of benzene rings is 1. The second-order valence-corrected chi connectivity index (χ2v) is 6.50. The zero-order chi connectivity index (χ0) is 18.2. The van der Waals surface area contributed by atoms with Crippen LogP contribution in [-0.2, 0) is 13.5 Å². The van der Waals surface area contributed by atoms with Gasteiger partial charge in [-0.05, 0) is 24.1 Å². The van der Waals surface area contributed by atoms with Crippen molar-refractivity contribution in [3.63, 3.8) is 0 Å². The first-order valence-electron chi connectivity index (χ1n) is 7.69. The second kappa shape index (κ2) is 9.75. The molecule has 2 rings (SSSR count). The third-order valence-corrected chi connectivity index (χ3v) is 4.07. The fraction of sp³-hybridized carbons (Fsp3) is 0.375. The van der Waals surface area contributed by atoms with Crippen molar-refractivity contribution in [1.29, 1.82) is 0 Å². The van der Waals surface area contributed by atoms with Gasteiger partial charge in [0.25, 0.3) is 0 Å². The Morgan fingerprint density at radius 1 is 1.20 bits per heavy atom. The zero-order valence-electron chi connectivity index (χ0n) is 14.0. The summed E-state index contributed by atoms with van der Waals surface area (Å²) >= 11 is 18.0. The summed E-state index contributed by atoms with van der Waals surface area (Å²) in [5, 5.41) is 11.8. The lowest BCUT2D eigenvalue weighted by Crippen LogP contribution is -2.40. The van der Waals surface area contributed by atoms with Gasteiger partial charge in [0.1, 0.15) is 6.61 Å². The van der Waals surface area contributed by atoms with Gasteiger partial charge in [-0.2, -0.15) is 5.10 Å². The highest BCUT2D eigenvalue weighted by Gasteiger charge is 2.09. The van der Waals surface area contributed by atoms with Crippen LogP contribution < -0.4 is 15.4 Å². The molecule has 0 radical (unpaired) electrons. The number of hydrogen-bond acceptors (Lipinski definition) is 3. The van der Waals surface area contributed by atoms with Crippen LogP contribution >= 0.6 is 34.8 Å². The molecule has 0 spiro atoms. The van der Waals surface area contributed by atoms with Gasteiger partial charge in [-0.25, -0.2) is 0 Å². The van der Waals surface area contributed by atoms with Crippen LogP contribution in [0.2, 0.25) is 15.1 Å². The standard InChI is InChI=1S/C16H20Cl3N5O/c1-20-16(21-4-3-11-9-23-24(2)10-11)22-5-6-25-15-13(18)7-12(17)8-14(15)19/h7-10H,3-6H2,1-2H3,(H2,20,21,22). The van der Waals surface area contributed by atoms with E-state index in [1.54, 1.807) is 23.9 Å². The minimum Gasteiger partial charge on any atom is -0.489 e. The summed E-state index contributed by atoms with van der Waals surface area (Å²) in [5.74, 6) is 1.12. The summed E-state index contributed by atoms with van der Waals surface area (Å²) in [7, 11) is 3.61. The highest BCUT2D eigenvalue weighted by Crippen LogP contribution is 2.35. The Labute approximate surface area is 162 Å². The molecule has 0 fully saturated rings. The zero-order valence-corrected chi connectivity index (χ0v) is 16.3. The van der Waals surface area contributed by atoms with Crippen molar-refractivity contribution in [2.75, 3.05) is 26.7 Å². The molecule has 1 aromatic carbocycles. The first-order valence-corrected chi connectivity index (χ1v) is 8.82. The molecule has 0 bridgehead atoms. The molecule has 0 amide bonds. The van der Waals surface area contributed by atoms with Crippen molar-refractivity contribution in [1.82, 2.24) is 20.4 Å². The van der Waals surface area contributed by atoms with Gasteiger partial charge in [-0.15, -0.1) is 0 Å². The van der Waals surface area contributed by atoms with Crippen LogP contribution in [0.5, 0.6) is 5.75 Å². The molecule has 6 nitrogen and oxygen atoms in total. The van der Waals surface area contributed by atoms with Gasteiger partial charge < -0.3 is 15.4 Å². The van der Waals surface area contributed by atoms with Crippen LogP contribution in [0.25, 0.3) is 0 Å². The Bertz CT molecular complexity index is 709. The minimum absolute atomic E-state index is 0.379. The molecule has 2 aromatic rings. The lowest BCUT2D eigenvalue weighted by Gasteiger charge is -2.13. The van der Waals surface area contributed by atoms with E-state index in [2.05, 4.69) is 20.7 Å². The van der Waals surface area contributed by atoms with Crippen LogP contribution in [-0.4, -0.2) is 42.5 Å². The smallest absolute Gasteiger partial charge is 0.191 e. The molecule has 0 aliphatic heterocycles. The minimum atomic E-state index is 0.379. The maximum atomic E-state index is 6.07. The number of halogens is 3. The number of hydrogen-bond donors (Lipinski definition) is 2. The Kier molecular flexibility index (Phi) is 7.68. The van der Waals surface area contributed by atoms with E-state index in [4.69, 9.17) is 39.5 Å². The van der Waals surface area contributed by atoms with E-state index in [1.807, 2.05) is 19.4 Å². The van der Waals surface area contributed by atoms with E-state index in [-0.39, 0.29) is 0 Å². The molecule has 0 aliphatic rings. The normalized spacial score (nSPS) is 11.5. The lowest BCUT2D eigenvalue weighted by atomic mass is 10.2. The van der Waals surface area contributed by atoms with Crippen molar-refractivity contribution in [2.24, 2.45) is 12.0 Å². The third-order valence-electron chi connectivity index (χ3n) is 3.29. The quantitative estimate of drug-likeness (QED) is 0.423. The molecular formula is C16H20Cl3N5O. The molecule has 0 saturated carbocycles. The van der Waals surface area contributed by atoms with Gasteiger partial charge in [0.15, 0.2) is 11.7 Å². The van der Waals surface area contributed by atoms with Crippen LogP contribution in [0.15, 0.2) is 29.5 Å². The van der Waals surface area contributed by atoms with Crippen LogP contribution in [0.3, 0.4) is 0 Å². The highest BCUT2D eigenvalue weighted by atomic mass is 35.5. The summed E-state index contributed by atoms with van der Waals surface area (Å²) in [6.45, 7) is 1.67. The maximum absolute atomic E-state index is 6.07. The first kappa shape index (κ1) is 19.7. The van der Waals surface area contributed by atoms with Crippen molar-refractivity contribution in [3.05, 3.63) is 45.2 Å². The van der Waals surface area contributed by atoms with Crippen LogP contribution in [0.1, 0.15) is 5.56 Å². The number of ether oxygens (including phenoxy) is 1. The Hall–Kier alpha value is -1.63. The third kappa shape index (κ3) is 6.30. The van der Waals surface area contributed by atoms with E-state index < -0.39 is 0 Å². The van der Waals surface area contributed by atoms with Crippen molar-refractivity contribution < 1.29 is 4.74 Å². The maximum Gasteiger partial charge on any atom is 0.191 e. The number of rotatable bonds is 7. The van der Waals surface area contributed by atoms with E-state index in [0.29, 0.717) is 39.9 Å². The van der Waals surface area contributed by atoms with Crippen molar-refractivity contribution in [3.8, 4) is 5.75 Å². The highest BCUT2D eigenvalue weighted by molar-refractivity contribution is 6.40. The number of nitrogens with zero attached hydrogens (tertiary/aromatic N) is 3. The molecule has 1 heterocycles. The van der Waals surface area contributed by atoms with E-state index in [1.165, 1.54) is 5.56 Å². The summed E-state index contributed by atoms with van der Waals surface area (Å²) < 4.78 is 7.40. The SMILES string of the molecule is CN=C(NCCOc1c(Cl)cc(Cl)cc1Cl)NCCc1cnn(C)c1. The molecule has 0 saturated heterocycles. The Morgan fingerprint density at radius 3 is 2.48 bits per heavy atom. The Balaban J connectivity index is 1.71. The predicted octanol–water partition coefficient (Wildman–Crippen LogP) is 3.17. The van der Waals surface area contributed by atoms with E-state index in [0.717, 1.165) is 13.0 Å². The number of aliphatic imine (C=N–C) groups is 1. The molecule has 0 aliphatic carbocycles. The van der Waals surface area contributed by atoms with Gasteiger partial charge >= 0.3 is 0 Å². The van der Waals surface area contributed by atoms with Crippen molar-refractivity contribution in [2.45, 2.75) is 6.42 Å². The summed E-state index contributed by atoms with van der Waals surface area (Å²) in [5.41, 5.74) is 1.17. The number of aromatic nitrogens is 2. The van der Waals surface area contributed by atoms with E-state index in [9.17, 15) is 0 Å². The molecule has 25 heavy (non-hydrogen) atoms. The fourth-order valence-electron chi connectivity index (χ4n) is 2.14. The van der Waals surface area contributed by atoms with Gasteiger partial charge in [0.2, 0.25) is 0 Å². The average Bonchev–Trinajstić information content (AvgIpc) is 2.96. The molecule has 2 N–H and O–H groups in total. The van der Waals surface area contributed by atoms with Gasteiger partial charge in [0.05, 0.1) is 22.8 Å². The monoisotopic (exact) mass is 403 g/mol. The second-order valence-electron chi connectivity index (χ2n) is 5.25. The summed E-state index contributed by atoms with van der Waals surface area (Å²) in [4.78, 5) is 4.16. The average molecular weight is 405 g/mol. The Morgan fingerprint density at radius 2 is 1.88 bits per heavy atom. The lowest BCUT2D eigenvalue weighted by molar-refractivity contribution is 0.322. The fourth-order valence-corrected chi connectivity index (χ4v) is 3.06. The molecule has 0 unspecified atom stereocenters. The molecule has 0 atom stereocenters. The molecule has 136 valence electrons. The van der Waals surface area contributed by atoms with Crippen LogP contribution in [0, 0.1) is 0 Å². The summed E-state index contributed by atoms with van der Waals surface area (Å²) in [6.07, 6.45) is 4.71. The number of guanidine groups is 1. The predicted molar refractivity (Wildman–Crippen MR) is 103 cm³/mol. The number of aryl methyl sites for hydroxylation is 1. The molecule has 9 heteroatoms. The van der Waals surface area contributed by atoms with Crippen LogP contribution in [0.4, 0.5) is 0 Å². The summed E-state index contributed by atoms with van der Waals surface area (Å²) in [6, 6.07) is 3.19. The number of nitrogens with one attached hydrogen (secondary N) is 2. The van der Waals surface area contributed by atoms with Crippen molar-refractivity contribution >= 4 is 40.8 Å². The largest absolute Gasteiger partial charge is 0.489 e. The topological polar surface area (TPSA) is 63.5 Å². The van der Waals surface area contributed by atoms with E-state index >= 15 is 0 Å². The molecular weight excluding hydrogens is 385 g/mol. The molecule has 1 aromatic heterocycles. The van der Waals surface area contributed by atoms with Gasteiger partial charge in [-0.1, -0.05) is 34.8 Å². The van der Waals surface area contributed by atoms with Gasteiger partial charge in [-0.3, -0.25) is 9.67 Å². The van der Waals surface area contributed by atoms with Gasteiger partial charge in [0, 0.05) is 31.9 Å².